The predicted octanol–water partition coefficient (Wildman–Crippen LogP) is 4.35. The molecule has 0 aliphatic carbocycles. The minimum absolute atomic E-state index is 0.0869. The van der Waals surface area contributed by atoms with Crippen LogP contribution in [0.2, 0.25) is 0 Å². The van der Waals surface area contributed by atoms with Crippen molar-refractivity contribution >= 4 is 15.9 Å². The molecule has 0 aromatic heterocycles. The van der Waals surface area contributed by atoms with Gasteiger partial charge in [-0.25, -0.2) is 4.89 Å². The summed E-state index contributed by atoms with van der Waals surface area (Å²) in [6, 6.07) is 19.5. The molecule has 0 saturated carbocycles. The highest BCUT2D eigenvalue weighted by atomic mass is 79.9. The van der Waals surface area contributed by atoms with Gasteiger partial charge in [0, 0.05) is 0 Å². The lowest BCUT2D eigenvalue weighted by molar-refractivity contribution is -0.281. The molecule has 0 amide bonds. The van der Waals surface area contributed by atoms with Crippen molar-refractivity contribution < 1.29 is 10.1 Å². The van der Waals surface area contributed by atoms with Crippen molar-refractivity contribution in [2.45, 2.75) is 10.9 Å². The molecule has 2 aromatic carbocycles. The second kappa shape index (κ2) is 5.96. The lowest BCUT2D eigenvalue weighted by Crippen LogP contribution is -2.08. The van der Waals surface area contributed by atoms with Gasteiger partial charge in [-0.05, 0) is 11.1 Å². The first-order chi connectivity index (χ1) is 8.33. The molecule has 0 unspecified atom stereocenters. The maximum Gasteiger partial charge on any atom is 0.134 e. The van der Waals surface area contributed by atoms with E-state index in [9.17, 15) is 0 Å². The number of benzene rings is 2. The van der Waals surface area contributed by atoms with E-state index in [-0.39, 0.29) is 4.83 Å². The Balaban J connectivity index is 2.25. The van der Waals surface area contributed by atoms with Crippen LogP contribution in [0.5, 0.6) is 0 Å². The molecule has 88 valence electrons. The van der Waals surface area contributed by atoms with E-state index in [1.54, 1.807) is 0 Å². The Kier molecular flexibility index (Phi) is 4.31. The molecule has 0 aliphatic heterocycles. The van der Waals surface area contributed by atoms with Crippen LogP contribution in [0.3, 0.4) is 0 Å². The van der Waals surface area contributed by atoms with Crippen molar-refractivity contribution in [3.8, 4) is 0 Å². The largest absolute Gasteiger partial charge is 0.251 e. The number of rotatable bonds is 4. The maximum absolute atomic E-state index is 9.08. The van der Waals surface area contributed by atoms with Gasteiger partial charge in [0.2, 0.25) is 0 Å². The van der Waals surface area contributed by atoms with E-state index in [0.29, 0.717) is 0 Å². The summed E-state index contributed by atoms with van der Waals surface area (Å²) >= 11 is 3.56. The molecule has 0 bridgehead atoms. The van der Waals surface area contributed by atoms with Gasteiger partial charge in [0.1, 0.15) is 6.10 Å². The van der Waals surface area contributed by atoms with Crippen molar-refractivity contribution in [1.29, 1.82) is 0 Å². The van der Waals surface area contributed by atoms with Gasteiger partial charge in [-0.3, -0.25) is 5.26 Å². The van der Waals surface area contributed by atoms with Crippen molar-refractivity contribution in [3.63, 3.8) is 0 Å². The Morgan fingerprint density at radius 2 is 1.29 bits per heavy atom. The molecule has 0 spiro atoms. The molecular weight excluding hydrogens is 280 g/mol. The molecule has 0 saturated heterocycles. The zero-order valence-corrected chi connectivity index (χ0v) is 10.7. The van der Waals surface area contributed by atoms with Gasteiger partial charge in [-0.15, -0.1) is 0 Å². The summed E-state index contributed by atoms with van der Waals surface area (Å²) in [6.45, 7) is 0. The molecular formula is C14H13BrO2. The highest BCUT2D eigenvalue weighted by molar-refractivity contribution is 9.09. The average molecular weight is 293 g/mol. The zero-order chi connectivity index (χ0) is 12.1. The van der Waals surface area contributed by atoms with Crippen LogP contribution in [0.25, 0.3) is 0 Å². The first-order valence-corrected chi connectivity index (χ1v) is 6.28. The summed E-state index contributed by atoms with van der Waals surface area (Å²) < 4.78 is 0. The quantitative estimate of drug-likeness (QED) is 0.516. The van der Waals surface area contributed by atoms with Crippen LogP contribution in [0.1, 0.15) is 22.1 Å². The molecule has 2 atom stereocenters. The fourth-order valence-electron chi connectivity index (χ4n) is 1.74. The summed E-state index contributed by atoms with van der Waals surface area (Å²) in [6.07, 6.45) is -0.418. The van der Waals surface area contributed by atoms with Gasteiger partial charge in [-0.2, -0.15) is 0 Å². The molecule has 3 heteroatoms. The van der Waals surface area contributed by atoms with Crippen LogP contribution < -0.4 is 0 Å². The smallest absolute Gasteiger partial charge is 0.134 e. The van der Waals surface area contributed by atoms with Gasteiger partial charge in [-0.1, -0.05) is 76.6 Å². The molecule has 0 aliphatic rings. The third-order valence-corrected chi connectivity index (χ3v) is 3.63. The number of hydrogen-bond donors (Lipinski definition) is 1. The molecule has 2 rings (SSSR count). The summed E-state index contributed by atoms with van der Waals surface area (Å²) in [7, 11) is 0. The first kappa shape index (κ1) is 12.3. The van der Waals surface area contributed by atoms with Crippen molar-refractivity contribution in [2.75, 3.05) is 0 Å². The van der Waals surface area contributed by atoms with E-state index in [1.165, 1.54) is 0 Å². The van der Waals surface area contributed by atoms with Crippen LogP contribution in [0, 0.1) is 0 Å². The van der Waals surface area contributed by atoms with Gasteiger partial charge in [0.15, 0.2) is 0 Å². The predicted molar refractivity (Wildman–Crippen MR) is 71.0 cm³/mol. The topological polar surface area (TPSA) is 29.5 Å². The minimum atomic E-state index is -0.418. The van der Waals surface area contributed by atoms with E-state index >= 15 is 0 Å². The maximum atomic E-state index is 9.08. The zero-order valence-electron chi connectivity index (χ0n) is 9.16. The highest BCUT2D eigenvalue weighted by Gasteiger charge is 2.23. The monoisotopic (exact) mass is 292 g/mol. The molecule has 17 heavy (non-hydrogen) atoms. The van der Waals surface area contributed by atoms with E-state index < -0.39 is 6.10 Å². The molecule has 0 heterocycles. The third-order valence-electron chi connectivity index (χ3n) is 2.63. The lowest BCUT2D eigenvalue weighted by atomic mass is 10.0. The second-order valence-electron chi connectivity index (χ2n) is 3.75. The van der Waals surface area contributed by atoms with Gasteiger partial charge in [0.05, 0.1) is 4.83 Å². The van der Waals surface area contributed by atoms with Crippen molar-refractivity contribution in [1.82, 2.24) is 0 Å². The molecule has 2 nitrogen and oxygen atoms in total. The fraction of sp³-hybridized carbons (Fsp3) is 0.143. The summed E-state index contributed by atoms with van der Waals surface area (Å²) in [4.78, 5) is 4.52. The van der Waals surface area contributed by atoms with Crippen LogP contribution in [0.4, 0.5) is 0 Å². The van der Waals surface area contributed by atoms with E-state index in [1.807, 2.05) is 60.7 Å². The van der Waals surface area contributed by atoms with Crippen molar-refractivity contribution in [2.24, 2.45) is 0 Å². The van der Waals surface area contributed by atoms with Gasteiger partial charge < -0.3 is 0 Å². The normalized spacial score (nSPS) is 14.2. The first-order valence-electron chi connectivity index (χ1n) is 5.37. The Morgan fingerprint density at radius 3 is 1.76 bits per heavy atom. The molecule has 0 fully saturated rings. The van der Waals surface area contributed by atoms with Gasteiger partial charge >= 0.3 is 0 Å². The Bertz CT molecular complexity index is 444. The standard InChI is InChI=1S/C14H13BrO2/c15-13(11-7-3-1-4-8-11)14(17-16)12-9-5-2-6-10-12/h1-10,13-14,16H/t13-,14+/m1/s1. The second-order valence-corrected chi connectivity index (χ2v) is 4.74. The fourth-order valence-corrected chi connectivity index (χ4v) is 2.44. The minimum Gasteiger partial charge on any atom is -0.251 e. The van der Waals surface area contributed by atoms with Crippen LogP contribution in [-0.2, 0) is 4.89 Å². The Labute approximate surface area is 109 Å². The summed E-state index contributed by atoms with van der Waals surface area (Å²) in [5.74, 6) is 0. The summed E-state index contributed by atoms with van der Waals surface area (Å²) in [5.41, 5.74) is 2.00. The van der Waals surface area contributed by atoms with Crippen LogP contribution in [0.15, 0.2) is 60.7 Å². The third kappa shape index (κ3) is 2.94. The lowest BCUT2D eigenvalue weighted by Gasteiger charge is -2.20. The molecule has 2 aromatic rings. The van der Waals surface area contributed by atoms with Gasteiger partial charge in [0.25, 0.3) is 0 Å². The number of alkyl halides is 1. The van der Waals surface area contributed by atoms with Crippen LogP contribution >= 0.6 is 15.9 Å². The molecule has 1 N–H and O–H groups in total. The van der Waals surface area contributed by atoms with Crippen LogP contribution in [-0.4, -0.2) is 5.26 Å². The average Bonchev–Trinajstić information content (AvgIpc) is 2.42. The van der Waals surface area contributed by atoms with Crippen molar-refractivity contribution in [3.05, 3.63) is 71.8 Å². The van der Waals surface area contributed by atoms with E-state index in [2.05, 4.69) is 20.8 Å². The van der Waals surface area contributed by atoms with E-state index in [0.717, 1.165) is 11.1 Å². The number of hydrogen-bond acceptors (Lipinski definition) is 2. The highest BCUT2D eigenvalue weighted by Crippen LogP contribution is 2.37. The SMILES string of the molecule is OO[C@@H](c1ccccc1)[C@H](Br)c1ccccc1. The number of halogens is 1. The van der Waals surface area contributed by atoms with E-state index in [4.69, 9.17) is 5.26 Å². The summed E-state index contributed by atoms with van der Waals surface area (Å²) in [5, 5.41) is 9.08. The molecule has 0 radical (unpaired) electrons. The Hall–Kier alpha value is -1.16. The Morgan fingerprint density at radius 1 is 0.824 bits per heavy atom.